The molecule has 0 saturated carbocycles. The predicted octanol–water partition coefficient (Wildman–Crippen LogP) is 1.78. The van der Waals surface area contributed by atoms with Crippen LogP contribution in [0, 0.1) is 5.41 Å². The third kappa shape index (κ3) is 3.38. The van der Waals surface area contributed by atoms with Crippen molar-refractivity contribution in [1.29, 1.82) is 0 Å². The Labute approximate surface area is 143 Å². The summed E-state index contributed by atoms with van der Waals surface area (Å²) in [6.07, 6.45) is 3.34. The Bertz CT molecular complexity index is 677. The van der Waals surface area contributed by atoms with Gasteiger partial charge in [0.25, 0.3) is 0 Å². The summed E-state index contributed by atoms with van der Waals surface area (Å²) in [7, 11) is 2.02. The van der Waals surface area contributed by atoms with Gasteiger partial charge in [-0.2, -0.15) is 5.10 Å². The summed E-state index contributed by atoms with van der Waals surface area (Å²) in [6.45, 7) is 3.22. The van der Waals surface area contributed by atoms with Crippen molar-refractivity contribution in [1.82, 2.24) is 14.7 Å². The first-order valence-corrected chi connectivity index (χ1v) is 8.61. The van der Waals surface area contributed by atoms with E-state index in [1.807, 2.05) is 32.2 Å². The van der Waals surface area contributed by atoms with Crippen LogP contribution in [0.2, 0.25) is 0 Å². The number of nitrogens with zero attached hydrogens (tertiary/aromatic N) is 3. The summed E-state index contributed by atoms with van der Waals surface area (Å²) in [5.41, 5.74) is 4.45. The lowest BCUT2D eigenvalue weighted by Crippen LogP contribution is -2.38. The zero-order valence-electron chi connectivity index (χ0n) is 14.6. The first kappa shape index (κ1) is 17.1. The Morgan fingerprint density at radius 3 is 2.54 bits per heavy atom. The minimum Gasteiger partial charge on any atom is -0.396 e. The van der Waals surface area contributed by atoms with E-state index in [2.05, 4.69) is 21.7 Å². The summed E-state index contributed by atoms with van der Waals surface area (Å²) in [5.74, 6) is 0. The summed E-state index contributed by atoms with van der Waals surface area (Å²) < 4.78 is 2.09. The third-order valence-electron chi connectivity index (χ3n) is 4.85. The normalized spacial score (nSPS) is 14.4. The van der Waals surface area contributed by atoms with Crippen molar-refractivity contribution in [3.05, 3.63) is 47.3 Å². The number of aromatic nitrogens is 2. The molecule has 0 unspecified atom stereocenters. The maximum atomic E-state index is 9.50. The average molecular weight is 329 g/mol. The van der Waals surface area contributed by atoms with Gasteiger partial charge < -0.3 is 10.2 Å². The van der Waals surface area contributed by atoms with Crippen LogP contribution < -0.4 is 0 Å². The number of aliphatic hydroxyl groups is 2. The molecule has 5 heteroatoms. The fourth-order valence-corrected chi connectivity index (χ4v) is 3.54. The fourth-order valence-electron chi connectivity index (χ4n) is 3.54. The van der Waals surface area contributed by atoms with Crippen molar-refractivity contribution in [2.45, 2.75) is 32.7 Å². The zero-order chi connectivity index (χ0) is 17.2. The van der Waals surface area contributed by atoms with E-state index in [1.165, 1.54) is 17.7 Å². The zero-order valence-corrected chi connectivity index (χ0v) is 14.6. The maximum Gasteiger partial charge on any atom is 0.0803 e. The van der Waals surface area contributed by atoms with Gasteiger partial charge >= 0.3 is 0 Å². The number of para-hydroxylation sites is 1. The molecule has 0 spiro atoms. The monoisotopic (exact) mass is 329 g/mol. The first-order chi connectivity index (χ1) is 11.6. The van der Waals surface area contributed by atoms with E-state index >= 15 is 0 Å². The van der Waals surface area contributed by atoms with Gasteiger partial charge in [-0.3, -0.25) is 4.90 Å². The minimum atomic E-state index is -0.486. The largest absolute Gasteiger partial charge is 0.396 e. The molecule has 1 heterocycles. The van der Waals surface area contributed by atoms with Crippen molar-refractivity contribution in [2.75, 3.05) is 26.8 Å². The third-order valence-corrected chi connectivity index (χ3v) is 4.85. The SMILES string of the molecule is CN(Cc1nn(-c2ccccc2)c2c1CCC2)CC(C)(CO)CO. The van der Waals surface area contributed by atoms with Crippen LogP contribution in [0.15, 0.2) is 30.3 Å². The summed E-state index contributed by atoms with van der Waals surface area (Å²) in [5, 5.41) is 23.9. The second-order valence-corrected chi connectivity index (χ2v) is 7.27. The molecule has 1 aromatic heterocycles. The number of fused-ring (bicyclic) bond motifs is 1. The van der Waals surface area contributed by atoms with Gasteiger partial charge in [-0.05, 0) is 44.0 Å². The van der Waals surface area contributed by atoms with Gasteiger partial charge in [0.1, 0.15) is 0 Å². The molecule has 2 aromatic rings. The topological polar surface area (TPSA) is 61.5 Å². The predicted molar refractivity (Wildman–Crippen MR) is 94.2 cm³/mol. The molecule has 0 amide bonds. The number of hydrogen-bond acceptors (Lipinski definition) is 4. The Morgan fingerprint density at radius 1 is 1.17 bits per heavy atom. The lowest BCUT2D eigenvalue weighted by molar-refractivity contribution is 0.0398. The molecular weight excluding hydrogens is 302 g/mol. The van der Waals surface area contributed by atoms with Gasteiger partial charge in [-0.1, -0.05) is 25.1 Å². The molecule has 0 fully saturated rings. The van der Waals surface area contributed by atoms with Gasteiger partial charge in [-0.15, -0.1) is 0 Å². The van der Waals surface area contributed by atoms with Crippen LogP contribution in [-0.2, 0) is 19.4 Å². The molecule has 0 atom stereocenters. The lowest BCUT2D eigenvalue weighted by atomic mass is 9.92. The Kier molecular flexibility index (Phi) is 5.04. The van der Waals surface area contributed by atoms with Gasteiger partial charge in [0.15, 0.2) is 0 Å². The first-order valence-electron chi connectivity index (χ1n) is 8.61. The molecule has 2 N–H and O–H groups in total. The Balaban J connectivity index is 1.82. The molecule has 0 radical (unpaired) electrons. The minimum absolute atomic E-state index is 0.0234. The van der Waals surface area contributed by atoms with E-state index < -0.39 is 5.41 Å². The molecule has 130 valence electrons. The highest BCUT2D eigenvalue weighted by atomic mass is 16.3. The molecule has 24 heavy (non-hydrogen) atoms. The fraction of sp³-hybridized carbons (Fsp3) is 0.526. The van der Waals surface area contributed by atoms with Crippen molar-refractivity contribution in [2.24, 2.45) is 5.41 Å². The van der Waals surface area contributed by atoms with E-state index in [-0.39, 0.29) is 13.2 Å². The number of rotatable bonds is 7. The van der Waals surface area contributed by atoms with Crippen LogP contribution >= 0.6 is 0 Å². The number of hydrogen-bond donors (Lipinski definition) is 2. The Morgan fingerprint density at radius 2 is 1.88 bits per heavy atom. The van der Waals surface area contributed by atoms with Crippen molar-refractivity contribution in [3.63, 3.8) is 0 Å². The molecule has 1 aliphatic rings. The molecule has 5 nitrogen and oxygen atoms in total. The van der Waals surface area contributed by atoms with Crippen LogP contribution in [-0.4, -0.2) is 51.7 Å². The van der Waals surface area contributed by atoms with Crippen molar-refractivity contribution in [3.8, 4) is 5.69 Å². The second kappa shape index (κ2) is 7.05. The van der Waals surface area contributed by atoms with Gasteiger partial charge in [0.2, 0.25) is 0 Å². The van der Waals surface area contributed by atoms with E-state index in [0.29, 0.717) is 6.54 Å². The molecular formula is C19H27N3O2. The van der Waals surface area contributed by atoms with Gasteiger partial charge in [0, 0.05) is 24.2 Å². The van der Waals surface area contributed by atoms with E-state index in [9.17, 15) is 10.2 Å². The highest BCUT2D eigenvalue weighted by Gasteiger charge is 2.27. The molecule has 0 saturated heterocycles. The van der Waals surface area contributed by atoms with Crippen LogP contribution in [0.1, 0.15) is 30.3 Å². The van der Waals surface area contributed by atoms with Crippen LogP contribution in [0.25, 0.3) is 5.69 Å². The van der Waals surface area contributed by atoms with E-state index in [0.717, 1.165) is 30.8 Å². The molecule has 0 aliphatic heterocycles. The molecule has 1 aliphatic carbocycles. The van der Waals surface area contributed by atoms with Gasteiger partial charge in [-0.25, -0.2) is 4.68 Å². The van der Waals surface area contributed by atoms with Crippen molar-refractivity contribution < 1.29 is 10.2 Å². The van der Waals surface area contributed by atoms with Gasteiger partial charge in [0.05, 0.1) is 24.6 Å². The van der Waals surface area contributed by atoms with E-state index in [1.54, 1.807) is 0 Å². The van der Waals surface area contributed by atoms with Crippen LogP contribution in [0.3, 0.4) is 0 Å². The maximum absolute atomic E-state index is 9.50. The van der Waals surface area contributed by atoms with E-state index in [4.69, 9.17) is 5.10 Å². The number of aliphatic hydroxyl groups excluding tert-OH is 2. The molecule has 3 rings (SSSR count). The summed E-state index contributed by atoms with van der Waals surface area (Å²) in [4.78, 5) is 2.14. The smallest absolute Gasteiger partial charge is 0.0803 e. The standard InChI is InChI=1S/C19H27N3O2/c1-19(13-23,14-24)12-21(2)11-17-16-9-6-10-18(16)22(20-17)15-7-4-3-5-8-15/h3-5,7-8,23-24H,6,9-14H2,1-2H3. The average Bonchev–Trinajstić information content (AvgIpc) is 3.19. The molecule has 0 bridgehead atoms. The molecule has 1 aromatic carbocycles. The van der Waals surface area contributed by atoms with Crippen LogP contribution in [0.5, 0.6) is 0 Å². The highest BCUT2D eigenvalue weighted by Crippen LogP contribution is 2.29. The van der Waals surface area contributed by atoms with Crippen molar-refractivity contribution >= 4 is 0 Å². The Hall–Kier alpha value is -1.69. The number of benzene rings is 1. The summed E-state index contributed by atoms with van der Waals surface area (Å²) >= 11 is 0. The highest BCUT2D eigenvalue weighted by molar-refractivity contribution is 5.39. The quantitative estimate of drug-likeness (QED) is 0.813. The van der Waals surface area contributed by atoms with Crippen LogP contribution in [0.4, 0.5) is 0 Å². The summed E-state index contributed by atoms with van der Waals surface area (Å²) in [6, 6.07) is 10.3. The second-order valence-electron chi connectivity index (χ2n) is 7.27. The lowest BCUT2D eigenvalue weighted by Gasteiger charge is -2.30.